The third-order valence-electron chi connectivity index (χ3n) is 2.35. The molecule has 1 rings (SSSR count). The standard InChI is InChI=1S/C11H21N3S/c1-5-14-11(6-7-13-14)10(12-4)8-15-9(2)3/h6-7,9-10,12H,5,8H2,1-4H3. The molecule has 86 valence electrons. The van der Waals surface area contributed by atoms with E-state index >= 15 is 0 Å². The molecule has 0 amide bonds. The van der Waals surface area contributed by atoms with Gasteiger partial charge in [-0.1, -0.05) is 13.8 Å². The third kappa shape index (κ3) is 3.54. The molecule has 0 saturated carbocycles. The Morgan fingerprint density at radius 3 is 2.80 bits per heavy atom. The Bertz CT molecular complexity index is 283. The van der Waals surface area contributed by atoms with Crippen LogP contribution in [0.15, 0.2) is 12.3 Å². The van der Waals surface area contributed by atoms with Gasteiger partial charge in [-0.15, -0.1) is 0 Å². The smallest absolute Gasteiger partial charge is 0.0581 e. The number of aryl methyl sites for hydroxylation is 1. The predicted molar refractivity (Wildman–Crippen MR) is 67.3 cm³/mol. The molecular weight excluding hydrogens is 206 g/mol. The van der Waals surface area contributed by atoms with Gasteiger partial charge in [-0.25, -0.2) is 0 Å². The molecule has 1 aromatic rings. The van der Waals surface area contributed by atoms with Gasteiger partial charge < -0.3 is 5.32 Å². The van der Waals surface area contributed by atoms with Crippen LogP contribution in [0.5, 0.6) is 0 Å². The summed E-state index contributed by atoms with van der Waals surface area (Å²) < 4.78 is 2.06. The lowest BCUT2D eigenvalue weighted by atomic mass is 10.2. The van der Waals surface area contributed by atoms with Crippen LogP contribution in [0.25, 0.3) is 0 Å². The van der Waals surface area contributed by atoms with Gasteiger partial charge in [0.2, 0.25) is 0 Å². The molecule has 0 bridgehead atoms. The zero-order valence-corrected chi connectivity index (χ0v) is 10.8. The van der Waals surface area contributed by atoms with Crippen LogP contribution in [0.2, 0.25) is 0 Å². The van der Waals surface area contributed by atoms with E-state index in [0.717, 1.165) is 12.3 Å². The maximum absolute atomic E-state index is 4.30. The van der Waals surface area contributed by atoms with Crippen LogP contribution in [-0.2, 0) is 6.54 Å². The minimum Gasteiger partial charge on any atom is -0.311 e. The van der Waals surface area contributed by atoms with E-state index in [4.69, 9.17) is 0 Å². The van der Waals surface area contributed by atoms with E-state index in [1.54, 1.807) is 0 Å². The largest absolute Gasteiger partial charge is 0.311 e. The number of aromatic nitrogens is 2. The number of nitrogens with one attached hydrogen (secondary N) is 1. The lowest BCUT2D eigenvalue weighted by molar-refractivity contribution is 0.549. The highest BCUT2D eigenvalue weighted by Gasteiger charge is 2.14. The average Bonchev–Trinajstić information content (AvgIpc) is 2.66. The Morgan fingerprint density at radius 1 is 1.53 bits per heavy atom. The second-order valence-corrected chi connectivity index (χ2v) is 5.40. The minimum absolute atomic E-state index is 0.403. The fraction of sp³-hybridized carbons (Fsp3) is 0.727. The molecule has 1 unspecified atom stereocenters. The first-order valence-electron chi connectivity index (χ1n) is 5.49. The second-order valence-electron chi connectivity index (χ2n) is 3.80. The molecule has 0 spiro atoms. The number of hydrogen-bond acceptors (Lipinski definition) is 3. The molecule has 0 fully saturated rings. The number of nitrogens with zero attached hydrogens (tertiary/aromatic N) is 2. The maximum atomic E-state index is 4.30. The molecule has 1 aromatic heterocycles. The lowest BCUT2D eigenvalue weighted by Crippen LogP contribution is -2.22. The summed E-state index contributed by atoms with van der Waals surface area (Å²) in [5, 5.41) is 8.33. The van der Waals surface area contributed by atoms with Gasteiger partial charge in [0.05, 0.1) is 11.7 Å². The molecule has 3 nitrogen and oxygen atoms in total. The highest BCUT2D eigenvalue weighted by molar-refractivity contribution is 7.99. The maximum Gasteiger partial charge on any atom is 0.0581 e. The van der Waals surface area contributed by atoms with Crippen molar-refractivity contribution in [2.75, 3.05) is 12.8 Å². The van der Waals surface area contributed by atoms with Crippen LogP contribution in [0.1, 0.15) is 32.5 Å². The van der Waals surface area contributed by atoms with Crippen LogP contribution in [0.3, 0.4) is 0 Å². The van der Waals surface area contributed by atoms with E-state index in [-0.39, 0.29) is 0 Å². The molecular formula is C11H21N3S. The van der Waals surface area contributed by atoms with Crippen molar-refractivity contribution in [3.8, 4) is 0 Å². The molecule has 0 aliphatic carbocycles. The predicted octanol–water partition coefficient (Wildman–Crippen LogP) is 2.31. The zero-order valence-electron chi connectivity index (χ0n) is 10.0. The van der Waals surface area contributed by atoms with E-state index in [0.29, 0.717) is 11.3 Å². The van der Waals surface area contributed by atoms with Crippen molar-refractivity contribution in [2.45, 2.75) is 38.6 Å². The molecule has 1 N–H and O–H groups in total. The van der Waals surface area contributed by atoms with E-state index in [2.05, 4.69) is 41.9 Å². The Hall–Kier alpha value is -0.480. The molecule has 15 heavy (non-hydrogen) atoms. The molecule has 4 heteroatoms. The second kappa shape index (κ2) is 6.18. The van der Waals surface area contributed by atoms with E-state index in [9.17, 15) is 0 Å². The van der Waals surface area contributed by atoms with Crippen LogP contribution >= 0.6 is 11.8 Å². The van der Waals surface area contributed by atoms with Gasteiger partial charge in [0.15, 0.2) is 0 Å². The number of hydrogen-bond donors (Lipinski definition) is 1. The molecule has 0 aliphatic rings. The van der Waals surface area contributed by atoms with Gasteiger partial charge in [-0.2, -0.15) is 16.9 Å². The van der Waals surface area contributed by atoms with Crippen molar-refractivity contribution in [1.82, 2.24) is 15.1 Å². The van der Waals surface area contributed by atoms with Crippen LogP contribution in [0.4, 0.5) is 0 Å². The molecule has 1 atom stereocenters. The number of thioether (sulfide) groups is 1. The summed E-state index contributed by atoms with van der Waals surface area (Å²) in [6.45, 7) is 7.52. The average molecular weight is 227 g/mol. The van der Waals surface area contributed by atoms with Crippen LogP contribution < -0.4 is 5.32 Å². The highest BCUT2D eigenvalue weighted by atomic mass is 32.2. The summed E-state index contributed by atoms with van der Waals surface area (Å²) in [6.07, 6.45) is 1.88. The van der Waals surface area contributed by atoms with E-state index < -0.39 is 0 Å². The summed E-state index contributed by atoms with van der Waals surface area (Å²) in [4.78, 5) is 0. The Balaban J connectivity index is 2.65. The van der Waals surface area contributed by atoms with Crippen LogP contribution in [0, 0.1) is 0 Å². The summed E-state index contributed by atoms with van der Waals surface area (Å²) in [5.74, 6) is 1.10. The van der Waals surface area contributed by atoms with Crippen LogP contribution in [-0.4, -0.2) is 27.8 Å². The first-order valence-corrected chi connectivity index (χ1v) is 6.54. The summed E-state index contributed by atoms with van der Waals surface area (Å²) >= 11 is 1.98. The normalized spacial score (nSPS) is 13.4. The first kappa shape index (κ1) is 12.6. The van der Waals surface area contributed by atoms with Gasteiger partial charge in [0.1, 0.15) is 0 Å². The molecule has 0 radical (unpaired) electrons. The third-order valence-corrected chi connectivity index (χ3v) is 3.54. The SMILES string of the molecule is CCn1nccc1C(CSC(C)C)NC. The Kier molecular flexibility index (Phi) is 5.19. The van der Waals surface area contributed by atoms with Crippen molar-refractivity contribution < 1.29 is 0 Å². The molecule has 0 aliphatic heterocycles. The van der Waals surface area contributed by atoms with Crippen molar-refractivity contribution in [3.63, 3.8) is 0 Å². The van der Waals surface area contributed by atoms with Crippen molar-refractivity contribution in [2.24, 2.45) is 0 Å². The fourth-order valence-electron chi connectivity index (χ4n) is 1.51. The fourth-order valence-corrected chi connectivity index (χ4v) is 2.42. The van der Waals surface area contributed by atoms with Gasteiger partial charge in [0.25, 0.3) is 0 Å². The number of rotatable bonds is 6. The topological polar surface area (TPSA) is 29.9 Å². The summed E-state index contributed by atoms with van der Waals surface area (Å²) in [7, 11) is 2.01. The summed E-state index contributed by atoms with van der Waals surface area (Å²) in [5.41, 5.74) is 1.29. The molecule has 0 saturated heterocycles. The van der Waals surface area contributed by atoms with Crippen molar-refractivity contribution >= 4 is 11.8 Å². The first-order chi connectivity index (χ1) is 7.19. The highest BCUT2D eigenvalue weighted by Crippen LogP contribution is 2.20. The molecule has 1 heterocycles. The minimum atomic E-state index is 0.403. The Labute approximate surface area is 96.6 Å². The van der Waals surface area contributed by atoms with E-state index in [1.807, 2.05) is 25.0 Å². The van der Waals surface area contributed by atoms with Gasteiger partial charge >= 0.3 is 0 Å². The van der Waals surface area contributed by atoms with Gasteiger partial charge in [-0.3, -0.25) is 4.68 Å². The summed E-state index contributed by atoms with van der Waals surface area (Å²) in [6, 6.07) is 2.51. The quantitative estimate of drug-likeness (QED) is 0.809. The monoisotopic (exact) mass is 227 g/mol. The van der Waals surface area contributed by atoms with Gasteiger partial charge in [0, 0.05) is 18.5 Å². The van der Waals surface area contributed by atoms with Gasteiger partial charge in [-0.05, 0) is 25.3 Å². The van der Waals surface area contributed by atoms with Crippen molar-refractivity contribution in [1.29, 1.82) is 0 Å². The lowest BCUT2D eigenvalue weighted by Gasteiger charge is -2.18. The Morgan fingerprint density at radius 2 is 2.27 bits per heavy atom. The van der Waals surface area contributed by atoms with E-state index in [1.165, 1.54) is 5.69 Å². The molecule has 0 aromatic carbocycles. The zero-order chi connectivity index (χ0) is 11.3. The van der Waals surface area contributed by atoms with Crippen molar-refractivity contribution in [3.05, 3.63) is 18.0 Å².